The van der Waals surface area contributed by atoms with Crippen molar-refractivity contribution in [3.05, 3.63) is 23.0 Å². The molecule has 1 aliphatic carbocycles. The molecule has 0 bridgehead atoms. The number of hydroxylamine groups is 1. The Labute approximate surface area is 226 Å². The molecule has 2 aliphatic rings. The molecule has 1 aliphatic heterocycles. The van der Waals surface area contributed by atoms with Crippen LogP contribution < -0.4 is 27.2 Å². The largest absolute Gasteiger partial charge is 0.479 e. The van der Waals surface area contributed by atoms with Crippen molar-refractivity contribution in [3.63, 3.8) is 0 Å². The first-order valence-corrected chi connectivity index (χ1v) is 14.0. The average molecular weight is 589 g/mol. The molecule has 3 heterocycles. The lowest BCUT2D eigenvalue weighted by molar-refractivity contribution is -0.165. The van der Waals surface area contributed by atoms with E-state index >= 15 is 0 Å². The van der Waals surface area contributed by atoms with Crippen molar-refractivity contribution < 1.29 is 37.3 Å². The van der Waals surface area contributed by atoms with Crippen molar-refractivity contribution in [3.8, 4) is 0 Å². The molecule has 18 nitrogen and oxygen atoms in total. The molecule has 0 aromatic carbocycles. The molecule has 2 amide bonds. The molecule has 2 aromatic heterocycles. The first kappa shape index (κ1) is 28.7. The van der Waals surface area contributed by atoms with Gasteiger partial charge in [0.1, 0.15) is 12.1 Å². The number of β-lactam (4-membered cyclic amide) rings is 1. The number of likely N-dealkylation sites (N-methyl/N-ethyl adjacent to an activating group) is 1. The second-order valence-electron chi connectivity index (χ2n) is 8.90. The third-order valence-corrected chi connectivity index (χ3v) is 7.71. The smallest absolute Gasteiger partial charge is 0.362 e. The Morgan fingerprint density at radius 3 is 2.69 bits per heavy atom. The number of thiazole rings is 1. The molecule has 2 aromatic rings. The Balaban J connectivity index is 1.48. The maximum atomic E-state index is 13.2. The van der Waals surface area contributed by atoms with Gasteiger partial charge in [-0.2, -0.15) is 28.9 Å². The van der Waals surface area contributed by atoms with E-state index in [4.69, 9.17) is 10.6 Å². The molecule has 2 fully saturated rings. The molecule has 0 spiro atoms. The van der Waals surface area contributed by atoms with E-state index < -0.39 is 51.8 Å². The van der Waals surface area contributed by atoms with Crippen LogP contribution >= 0.6 is 11.3 Å². The number of nitrogens with one attached hydrogen (secondary N) is 4. The van der Waals surface area contributed by atoms with Gasteiger partial charge in [0.25, 0.3) is 5.91 Å². The predicted molar refractivity (Wildman–Crippen MR) is 133 cm³/mol. The molecule has 0 radical (unpaired) electrons. The van der Waals surface area contributed by atoms with Crippen LogP contribution in [0.15, 0.2) is 11.6 Å². The van der Waals surface area contributed by atoms with Crippen LogP contribution in [0.2, 0.25) is 0 Å². The van der Waals surface area contributed by atoms with Gasteiger partial charge in [-0.1, -0.05) is 0 Å². The number of amides is 2. The van der Waals surface area contributed by atoms with Crippen LogP contribution in [-0.2, 0) is 42.6 Å². The number of carbonyl (C=O) groups excluding carboxylic acids is 2. The van der Waals surface area contributed by atoms with E-state index in [9.17, 15) is 32.5 Å². The zero-order valence-corrected chi connectivity index (χ0v) is 22.2. The third-order valence-electron chi connectivity index (χ3n) is 6.07. The van der Waals surface area contributed by atoms with Gasteiger partial charge in [0, 0.05) is 25.0 Å². The summed E-state index contributed by atoms with van der Waals surface area (Å²) < 4.78 is 33.6. The Morgan fingerprint density at radius 2 is 2.10 bits per heavy atom. The zero-order valence-electron chi connectivity index (χ0n) is 20.6. The van der Waals surface area contributed by atoms with Crippen molar-refractivity contribution in [1.82, 2.24) is 45.7 Å². The van der Waals surface area contributed by atoms with E-state index in [2.05, 4.69) is 36.6 Å². The fourth-order valence-corrected chi connectivity index (χ4v) is 5.26. The molecule has 1 saturated carbocycles. The number of carboxylic acids is 1. The standard InChI is InChI=1S/C19H28N10O8S2/c1-21-4-5-22-6-10-7-23-28(26-10)8-12-14(16(31)29(12)39(34,35)36)25-15(30)13(11-9-38-18(20)24-11)27-37-19(2-3-19)17(32)33/h7,9,12-14,21-22,27H,2-6,8H2,1H3,(H2,20,24)(H,25,30)(H,32,33)(H,34,35,36)/t12-,13?,14+/m1/s1. The zero-order chi connectivity index (χ0) is 28.4. The molecular formula is C19H28N10O8S2. The van der Waals surface area contributed by atoms with Gasteiger partial charge in [-0.05, 0) is 19.9 Å². The molecule has 1 saturated heterocycles. The third kappa shape index (κ3) is 6.49. The highest BCUT2D eigenvalue weighted by molar-refractivity contribution is 7.84. The van der Waals surface area contributed by atoms with Crippen molar-refractivity contribution in [2.24, 2.45) is 0 Å². The van der Waals surface area contributed by atoms with Crippen LogP contribution in [0.4, 0.5) is 5.13 Å². The van der Waals surface area contributed by atoms with Crippen molar-refractivity contribution in [1.29, 1.82) is 0 Å². The maximum absolute atomic E-state index is 13.2. The van der Waals surface area contributed by atoms with Crippen molar-refractivity contribution in [2.75, 3.05) is 25.9 Å². The van der Waals surface area contributed by atoms with E-state index in [-0.39, 0.29) is 34.5 Å². The number of nitrogen functional groups attached to an aromatic ring is 1. The minimum Gasteiger partial charge on any atom is -0.479 e. The van der Waals surface area contributed by atoms with Crippen LogP contribution in [0.25, 0.3) is 0 Å². The van der Waals surface area contributed by atoms with Gasteiger partial charge >= 0.3 is 16.3 Å². The minimum absolute atomic E-state index is 0.0929. The van der Waals surface area contributed by atoms with Crippen LogP contribution in [0, 0.1) is 0 Å². The van der Waals surface area contributed by atoms with Crippen LogP contribution in [0.5, 0.6) is 0 Å². The SMILES string of the molecule is CNCCNCc1cnn(C[C@@H]2[C@H](NC(=O)C(NOC3(C(=O)O)CC3)c3csc(N)n3)C(=O)N2S(=O)(=O)O)n1. The molecule has 214 valence electrons. The second-order valence-corrected chi connectivity index (χ2v) is 11.1. The molecule has 3 atom stereocenters. The number of nitrogens with two attached hydrogens (primary N) is 1. The highest BCUT2D eigenvalue weighted by Gasteiger charge is 2.56. The molecule has 1 unspecified atom stereocenters. The molecule has 39 heavy (non-hydrogen) atoms. The van der Waals surface area contributed by atoms with Gasteiger partial charge in [-0.15, -0.1) is 11.3 Å². The van der Waals surface area contributed by atoms with Gasteiger partial charge in [0.2, 0.25) is 5.91 Å². The number of aromatic nitrogens is 4. The summed E-state index contributed by atoms with van der Waals surface area (Å²) in [6.45, 7) is 1.51. The highest BCUT2D eigenvalue weighted by atomic mass is 32.2. The highest BCUT2D eigenvalue weighted by Crippen LogP contribution is 2.39. The first-order valence-electron chi connectivity index (χ1n) is 11.7. The van der Waals surface area contributed by atoms with Crippen LogP contribution in [-0.4, -0.2) is 98.0 Å². The second kappa shape index (κ2) is 11.5. The number of carbonyl (C=O) groups is 3. The minimum atomic E-state index is -4.96. The van der Waals surface area contributed by atoms with E-state index in [0.29, 0.717) is 18.8 Å². The Kier molecular flexibility index (Phi) is 8.44. The van der Waals surface area contributed by atoms with Crippen molar-refractivity contribution in [2.45, 2.75) is 49.7 Å². The Bertz CT molecular complexity index is 1330. The summed E-state index contributed by atoms with van der Waals surface area (Å²) in [7, 11) is -3.14. The summed E-state index contributed by atoms with van der Waals surface area (Å²) in [4.78, 5) is 47.9. The van der Waals surface area contributed by atoms with Gasteiger partial charge in [0.05, 0.1) is 24.1 Å². The summed E-state index contributed by atoms with van der Waals surface area (Å²) in [5, 5.41) is 27.8. The average Bonchev–Trinajstić information content (AvgIpc) is 3.33. The summed E-state index contributed by atoms with van der Waals surface area (Å²) in [6.07, 6.45) is 1.90. The number of hydrogen-bond donors (Lipinski definition) is 7. The summed E-state index contributed by atoms with van der Waals surface area (Å²) in [5.74, 6) is -3.17. The lowest BCUT2D eigenvalue weighted by Gasteiger charge is -2.44. The van der Waals surface area contributed by atoms with E-state index in [1.807, 2.05) is 7.05 Å². The fourth-order valence-electron chi connectivity index (χ4n) is 3.80. The number of rotatable bonds is 15. The predicted octanol–water partition coefficient (Wildman–Crippen LogP) is -3.00. The fraction of sp³-hybridized carbons (Fsp3) is 0.579. The van der Waals surface area contributed by atoms with Gasteiger partial charge < -0.3 is 26.8 Å². The summed E-state index contributed by atoms with van der Waals surface area (Å²) in [5.41, 5.74) is 7.22. The lowest BCUT2D eigenvalue weighted by Crippen LogP contribution is -2.73. The van der Waals surface area contributed by atoms with Gasteiger partial charge in [-0.3, -0.25) is 19.0 Å². The molecule has 8 N–H and O–H groups in total. The number of hydrogen-bond acceptors (Lipinski definition) is 14. The number of anilines is 1. The maximum Gasteiger partial charge on any atom is 0.362 e. The first-order chi connectivity index (χ1) is 18.4. The van der Waals surface area contributed by atoms with E-state index in [1.54, 1.807) is 0 Å². The number of aliphatic carboxylic acids is 1. The molecule has 4 rings (SSSR count). The molecular weight excluding hydrogens is 560 g/mol. The van der Waals surface area contributed by atoms with Gasteiger partial charge in [0.15, 0.2) is 16.8 Å². The number of carboxylic acid groups (broad SMARTS) is 1. The molecule has 20 heteroatoms. The number of nitrogens with zero attached hydrogens (tertiary/aromatic N) is 5. The van der Waals surface area contributed by atoms with E-state index in [0.717, 1.165) is 22.7 Å². The topological polar surface area (TPSA) is 256 Å². The van der Waals surface area contributed by atoms with Crippen LogP contribution in [0.3, 0.4) is 0 Å². The van der Waals surface area contributed by atoms with Crippen molar-refractivity contribution >= 4 is 44.6 Å². The Hall–Kier alpha value is -3.27. The van der Waals surface area contributed by atoms with Gasteiger partial charge in [-0.25, -0.2) is 14.1 Å². The summed E-state index contributed by atoms with van der Waals surface area (Å²) >= 11 is 1.02. The lowest BCUT2D eigenvalue weighted by atomic mass is 9.98. The quantitative estimate of drug-likeness (QED) is 0.0473. The van der Waals surface area contributed by atoms with E-state index in [1.165, 1.54) is 11.6 Å². The monoisotopic (exact) mass is 588 g/mol. The normalized spacial score (nSPS) is 20.9. The Morgan fingerprint density at radius 1 is 1.36 bits per heavy atom. The summed E-state index contributed by atoms with van der Waals surface area (Å²) in [6, 6.07) is -4.04. The van der Waals surface area contributed by atoms with Crippen LogP contribution in [0.1, 0.15) is 30.3 Å².